The van der Waals surface area contributed by atoms with Crippen LogP contribution in [-0.2, 0) is 0 Å². The molecule has 1 nitrogen and oxygen atoms in total. The highest BCUT2D eigenvalue weighted by molar-refractivity contribution is 5.84. The van der Waals surface area contributed by atoms with Crippen molar-refractivity contribution >= 4 is 5.71 Å². The molecule has 1 heteroatoms. The summed E-state index contributed by atoms with van der Waals surface area (Å²) in [6.45, 7) is 4.39. The fourth-order valence-electron chi connectivity index (χ4n) is 2.56. The van der Waals surface area contributed by atoms with Crippen molar-refractivity contribution in [2.45, 2.75) is 45.6 Å². The molecule has 0 saturated heterocycles. The second-order valence-corrected chi connectivity index (χ2v) is 4.84. The zero-order valence-electron chi connectivity index (χ0n) is 10.3. The van der Waals surface area contributed by atoms with E-state index in [1.54, 1.807) is 0 Å². The van der Waals surface area contributed by atoms with E-state index in [2.05, 4.69) is 44.2 Å². The number of hydrogen-bond donors (Lipinski definition) is 0. The Kier molecular flexibility index (Phi) is 3.76. The lowest BCUT2D eigenvalue weighted by atomic mass is 10.0. The normalized spacial score (nSPS) is 20.0. The van der Waals surface area contributed by atoms with Gasteiger partial charge in [-0.3, -0.25) is 4.99 Å². The minimum Gasteiger partial charge on any atom is -0.286 e. The van der Waals surface area contributed by atoms with Gasteiger partial charge >= 0.3 is 0 Å². The second-order valence-electron chi connectivity index (χ2n) is 4.84. The Labute approximate surface area is 98.6 Å². The summed E-state index contributed by atoms with van der Waals surface area (Å²) in [7, 11) is 0. The lowest BCUT2D eigenvalue weighted by Crippen LogP contribution is -2.08. The molecule has 0 heterocycles. The molecule has 1 aromatic carbocycles. The summed E-state index contributed by atoms with van der Waals surface area (Å²) in [5.41, 5.74) is 2.67. The quantitative estimate of drug-likeness (QED) is 0.663. The maximum atomic E-state index is 4.85. The first-order chi connectivity index (χ1) is 7.77. The van der Waals surface area contributed by atoms with Crippen LogP contribution in [0.4, 0.5) is 0 Å². The van der Waals surface area contributed by atoms with Crippen molar-refractivity contribution < 1.29 is 0 Å². The highest BCUT2D eigenvalue weighted by Crippen LogP contribution is 2.27. The van der Waals surface area contributed by atoms with Gasteiger partial charge in [0.25, 0.3) is 0 Å². The van der Waals surface area contributed by atoms with Gasteiger partial charge in [-0.2, -0.15) is 0 Å². The maximum Gasteiger partial charge on any atom is 0.0720 e. The summed E-state index contributed by atoms with van der Waals surface area (Å²) in [5.74, 6) is 0.756. The Bertz CT molecular complexity index is 347. The van der Waals surface area contributed by atoms with E-state index in [0.29, 0.717) is 6.04 Å². The third-order valence-corrected chi connectivity index (χ3v) is 3.63. The second kappa shape index (κ2) is 5.29. The molecule has 0 spiro atoms. The summed E-state index contributed by atoms with van der Waals surface area (Å²) in [5, 5.41) is 0. The zero-order chi connectivity index (χ0) is 11.4. The summed E-state index contributed by atoms with van der Waals surface area (Å²) < 4.78 is 0. The van der Waals surface area contributed by atoms with Crippen molar-refractivity contribution in [2.24, 2.45) is 10.9 Å². The Morgan fingerprint density at radius 1 is 1.19 bits per heavy atom. The molecule has 0 radical (unpaired) electrons. The van der Waals surface area contributed by atoms with Crippen LogP contribution in [0.1, 0.15) is 51.1 Å². The molecular formula is C15H21N. The average Bonchev–Trinajstić information content (AvgIpc) is 2.83. The third kappa shape index (κ3) is 2.72. The SMILES string of the molecule is CC(=NC(C)c1ccccc1)C1CCCC1. The van der Waals surface area contributed by atoms with Gasteiger partial charge in [0, 0.05) is 5.71 Å². The van der Waals surface area contributed by atoms with Gasteiger partial charge in [-0.05, 0) is 38.2 Å². The number of benzene rings is 1. The largest absolute Gasteiger partial charge is 0.286 e. The van der Waals surface area contributed by atoms with Gasteiger partial charge in [0.15, 0.2) is 0 Å². The van der Waals surface area contributed by atoms with Crippen LogP contribution in [0.15, 0.2) is 35.3 Å². The van der Waals surface area contributed by atoms with Crippen LogP contribution in [0.5, 0.6) is 0 Å². The number of rotatable bonds is 3. The summed E-state index contributed by atoms with van der Waals surface area (Å²) in [6, 6.07) is 10.9. The van der Waals surface area contributed by atoms with Gasteiger partial charge in [-0.25, -0.2) is 0 Å². The Morgan fingerprint density at radius 3 is 2.44 bits per heavy atom. The van der Waals surface area contributed by atoms with E-state index in [1.807, 2.05) is 0 Å². The number of hydrogen-bond acceptors (Lipinski definition) is 1. The first-order valence-corrected chi connectivity index (χ1v) is 6.36. The molecule has 0 aliphatic heterocycles. The first-order valence-electron chi connectivity index (χ1n) is 6.36. The van der Waals surface area contributed by atoms with E-state index < -0.39 is 0 Å². The smallest absolute Gasteiger partial charge is 0.0720 e. The molecule has 0 N–H and O–H groups in total. The van der Waals surface area contributed by atoms with Crippen molar-refractivity contribution in [3.63, 3.8) is 0 Å². The van der Waals surface area contributed by atoms with E-state index in [1.165, 1.54) is 37.0 Å². The minimum atomic E-state index is 0.307. The molecule has 2 rings (SSSR count). The van der Waals surface area contributed by atoms with Gasteiger partial charge in [-0.1, -0.05) is 43.2 Å². The number of nitrogens with zero attached hydrogens (tertiary/aromatic N) is 1. The molecule has 1 atom stereocenters. The van der Waals surface area contributed by atoms with Crippen LogP contribution >= 0.6 is 0 Å². The Hall–Kier alpha value is -1.11. The van der Waals surface area contributed by atoms with Crippen molar-refractivity contribution in [3.8, 4) is 0 Å². The van der Waals surface area contributed by atoms with Crippen LogP contribution in [0, 0.1) is 5.92 Å². The molecule has 1 saturated carbocycles. The van der Waals surface area contributed by atoms with Crippen molar-refractivity contribution in [1.29, 1.82) is 0 Å². The standard InChI is InChI=1S/C15H21N/c1-12(14-8-4-3-5-9-14)16-13(2)15-10-6-7-11-15/h3-5,8-9,12,15H,6-7,10-11H2,1-2H3. The van der Waals surface area contributed by atoms with Gasteiger partial charge < -0.3 is 0 Å². The molecule has 1 aliphatic carbocycles. The highest BCUT2D eigenvalue weighted by Gasteiger charge is 2.18. The zero-order valence-corrected chi connectivity index (χ0v) is 10.3. The average molecular weight is 215 g/mol. The van der Waals surface area contributed by atoms with E-state index >= 15 is 0 Å². The summed E-state index contributed by atoms with van der Waals surface area (Å²) >= 11 is 0. The molecule has 1 aliphatic rings. The highest BCUT2D eigenvalue weighted by atomic mass is 14.8. The van der Waals surface area contributed by atoms with Crippen molar-refractivity contribution in [1.82, 2.24) is 0 Å². The van der Waals surface area contributed by atoms with E-state index in [9.17, 15) is 0 Å². The van der Waals surface area contributed by atoms with Gasteiger partial charge in [0.05, 0.1) is 6.04 Å². The van der Waals surface area contributed by atoms with Gasteiger partial charge in [0.2, 0.25) is 0 Å². The summed E-state index contributed by atoms with van der Waals surface area (Å²) in [6.07, 6.45) is 5.46. The van der Waals surface area contributed by atoms with Crippen LogP contribution < -0.4 is 0 Å². The molecule has 0 amide bonds. The van der Waals surface area contributed by atoms with Crippen LogP contribution in [0.3, 0.4) is 0 Å². The van der Waals surface area contributed by atoms with Crippen LogP contribution in [-0.4, -0.2) is 5.71 Å². The minimum absolute atomic E-state index is 0.307. The predicted octanol–water partition coefficient (Wildman–Crippen LogP) is 4.40. The lowest BCUT2D eigenvalue weighted by molar-refractivity contribution is 0.703. The molecule has 1 unspecified atom stereocenters. The monoisotopic (exact) mass is 215 g/mol. The molecule has 1 fully saturated rings. The van der Waals surface area contributed by atoms with E-state index in [-0.39, 0.29) is 0 Å². The predicted molar refractivity (Wildman–Crippen MR) is 69.9 cm³/mol. The van der Waals surface area contributed by atoms with Gasteiger partial charge in [-0.15, -0.1) is 0 Å². The Morgan fingerprint density at radius 2 is 1.81 bits per heavy atom. The lowest BCUT2D eigenvalue weighted by Gasteiger charge is -2.13. The maximum absolute atomic E-state index is 4.85. The topological polar surface area (TPSA) is 12.4 Å². The molecule has 0 bridgehead atoms. The molecule has 1 aromatic rings. The fraction of sp³-hybridized carbons (Fsp3) is 0.533. The van der Waals surface area contributed by atoms with Crippen molar-refractivity contribution in [3.05, 3.63) is 35.9 Å². The number of aliphatic imine (C=N–C) groups is 1. The molecular weight excluding hydrogens is 194 g/mol. The van der Waals surface area contributed by atoms with Crippen molar-refractivity contribution in [2.75, 3.05) is 0 Å². The van der Waals surface area contributed by atoms with E-state index in [0.717, 1.165) is 5.92 Å². The van der Waals surface area contributed by atoms with E-state index in [4.69, 9.17) is 4.99 Å². The molecule has 0 aromatic heterocycles. The Balaban J connectivity index is 2.05. The fourth-order valence-corrected chi connectivity index (χ4v) is 2.56. The molecule has 86 valence electrons. The third-order valence-electron chi connectivity index (χ3n) is 3.63. The summed E-state index contributed by atoms with van der Waals surface area (Å²) in [4.78, 5) is 4.85. The van der Waals surface area contributed by atoms with Gasteiger partial charge in [0.1, 0.15) is 0 Å². The van der Waals surface area contributed by atoms with Crippen LogP contribution in [0.25, 0.3) is 0 Å². The molecule has 16 heavy (non-hydrogen) atoms. The van der Waals surface area contributed by atoms with Crippen LogP contribution in [0.2, 0.25) is 0 Å². The first kappa shape index (κ1) is 11.4.